The lowest BCUT2D eigenvalue weighted by Gasteiger charge is -2.30. The number of benzene rings is 2. The zero-order chi connectivity index (χ0) is 21.9. The summed E-state index contributed by atoms with van der Waals surface area (Å²) in [5.41, 5.74) is 2.09. The highest BCUT2D eigenvalue weighted by Gasteiger charge is 2.28. The predicted molar refractivity (Wildman–Crippen MR) is 121 cm³/mol. The number of carbonyl (C=O) groups excluding carboxylic acids is 2. The normalized spacial score (nSPS) is 11.6. The largest absolute Gasteiger partial charge is 0.484 e. The molecule has 0 aliphatic heterocycles. The van der Waals surface area contributed by atoms with Gasteiger partial charge in [0.25, 0.3) is 5.91 Å². The summed E-state index contributed by atoms with van der Waals surface area (Å²) in [5.74, 6) is 0.200. The summed E-state index contributed by atoms with van der Waals surface area (Å²) in [6.45, 7) is 6.82. The van der Waals surface area contributed by atoms with E-state index in [1.165, 1.54) is 0 Å². The van der Waals surface area contributed by atoms with E-state index in [2.05, 4.69) is 12.2 Å². The zero-order valence-electron chi connectivity index (χ0n) is 18.0. The van der Waals surface area contributed by atoms with Crippen LogP contribution in [0.5, 0.6) is 5.75 Å². The monoisotopic (exact) mass is 430 g/mol. The second-order valence-corrected chi connectivity index (χ2v) is 7.76. The molecule has 0 bridgehead atoms. The highest BCUT2D eigenvalue weighted by molar-refractivity contribution is 6.30. The van der Waals surface area contributed by atoms with E-state index in [0.717, 1.165) is 24.0 Å². The summed E-state index contributed by atoms with van der Waals surface area (Å²) < 4.78 is 5.66. The number of ether oxygens (including phenoxy) is 1. The van der Waals surface area contributed by atoms with Crippen LogP contribution in [0.15, 0.2) is 48.5 Å². The van der Waals surface area contributed by atoms with Crippen LogP contribution in [0.4, 0.5) is 0 Å². The van der Waals surface area contributed by atoms with Gasteiger partial charge in [-0.1, -0.05) is 61.7 Å². The lowest BCUT2D eigenvalue weighted by atomic mass is 10.1. The van der Waals surface area contributed by atoms with Crippen molar-refractivity contribution in [3.8, 4) is 5.75 Å². The fourth-order valence-corrected chi connectivity index (χ4v) is 3.32. The lowest BCUT2D eigenvalue weighted by molar-refractivity contribution is -0.143. The van der Waals surface area contributed by atoms with E-state index < -0.39 is 6.04 Å². The SMILES string of the molecule is CCCCNC(=O)[C@@H](CC)N(Cc1cccc(C)c1)C(=O)COc1ccc(Cl)cc1. The van der Waals surface area contributed by atoms with Crippen molar-refractivity contribution in [2.75, 3.05) is 13.2 Å². The molecule has 0 aromatic heterocycles. The first-order chi connectivity index (χ1) is 14.4. The molecule has 0 saturated carbocycles. The molecule has 2 aromatic carbocycles. The quantitative estimate of drug-likeness (QED) is 0.523. The van der Waals surface area contributed by atoms with E-state index in [1.54, 1.807) is 29.2 Å². The number of carbonyl (C=O) groups is 2. The molecule has 0 radical (unpaired) electrons. The number of amides is 2. The Morgan fingerprint density at radius 2 is 1.87 bits per heavy atom. The fourth-order valence-electron chi connectivity index (χ4n) is 3.19. The summed E-state index contributed by atoms with van der Waals surface area (Å²) in [6, 6.07) is 14.3. The molecule has 0 saturated heterocycles. The van der Waals surface area contributed by atoms with Crippen molar-refractivity contribution < 1.29 is 14.3 Å². The van der Waals surface area contributed by atoms with Gasteiger partial charge in [0.2, 0.25) is 5.91 Å². The number of aryl methyl sites for hydroxylation is 1. The van der Waals surface area contributed by atoms with Crippen molar-refractivity contribution in [1.82, 2.24) is 10.2 Å². The standard InChI is InChI=1S/C24H31ClN2O3/c1-4-6-14-26-24(29)22(5-2)27(16-19-9-7-8-18(3)15-19)23(28)17-30-21-12-10-20(25)11-13-21/h7-13,15,22H,4-6,14,16-17H2,1-3H3,(H,26,29)/t22-/m1/s1. The van der Waals surface area contributed by atoms with Crippen molar-refractivity contribution in [2.24, 2.45) is 0 Å². The van der Waals surface area contributed by atoms with E-state index in [-0.39, 0.29) is 18.4 Å². The van der Waals surface area contributed by atoms with Crippen LogP contribution in [-0.4, -0.2) is 35.9 Å². The molecular formula is C24H31ClN2O3. The molecule has 162 valence electrons. The summed E-state index contributed by atoms with van der Waals surface area (Å²) in [5, 5.41) is 3.56. The molecule has 0 aliphatic rings. The van der Waals surface area contributed by atoms with E-state index in [0.29, 0.717) is 30.3 Å². The molecule has 2 aromatic rings. The number of nitrogens with one attached hydrogen (secondary N) is 1. The molecule has 2 amide bonds. The Labute approximate surface area is 184 Å². The summed E-state index contributed by atoms with van der Waals surface area (Å²) in [7, 11) is 0. The zero-order valence-corrected chi connectivity index (χ0v) is 18.7. The molecule has 5 nitrogen and oxygen atoms in total. The summed E-state index contributed by atoms with van der Waals surface area (Å²) in [4.78, 5) is 27.5. The van der Waals surface area contributed by atoms with Gasteiger partial charge in [0.15, 0.2) is 6.61 Å². The van der Waals surface area contributed by atoms with E-state index >= 15 is 0 Å². The number of unbranched alkanes of at least 4 members (excludes halogenated alkanes) is 1. The third kappa shape index (κ3) is 7.38. The maximum absolute atomic E-state index is 13.1. The number of rotatable bonds is 11. The fraction of sp³-hybridized carbons (Fsp3) is 0.417. The smallest absolute Gasteiger partial charge is 0.261 e. The van der Waals surface area contributed by atoms with E-state index in [9.17, 15) is 9.59 Å². The van der Waals surface area contributed by atoms with Gasteiger partial charge in [0.05, 0.1) is 0 Å². The highest BCUT2D eigenvalue weighted by atomic mass is 35.5. The Balaban J connectivity index is 2.16. The van der Waals surface area contributed by atoms with Crippen molar-refractivity contribution in [1.29, 1.82) is 0 Å². The maximum Gasteiger partial charge on any atom is 0.261 e. The van der Waals surface area contributed by atoms with E-state index in [1.807, 2.05) is 38.1 Å². The number of hydrogen-bond acceptors (Lipinski definition) is 3. The Morgan fingerprint density at radius 3 is 2.50 bits per heavy atom. The molecule has 0 heterocycles. The Bertz CT molecular complexity index is 823. The van der Waals surface area contributed by atoms with Gasteiger partial charge < -0.3 is 15.0 Å². The van der Waals surface area contributed by atoms with Gasteiger partial charge >= 0.3 is 0 Å². The van der Waals surface area contributed by atoms with Gasteiger partial charge in [-0.05, 0) is 49.6 Å². The molecular weight excluding hydrogens is 400 g/mol. The minimum absolute atomic E-state index is 0.126. The Hall–Kier alpha value is -2.53. The molecule has 0 fully saturated rings. The average molecular weight is 431 g/mol. The number of halogens is 1. The topological polar surface area (TPSA) is 58.6 Å². The number of hydrogen-bond donors (Lipinski definition) is 1. The molecule has 6 heteroatoms. The molecule has 0 unspecified atom stereocenters. The highest BCUT2D eigenvalue weighted by Crippen LogP contribution is 2.17. The van der Waals surface area contributed by atoms with Crippen molar-refractivity contribution in [3.05, 3.63) is 64.7 Å². The van der Waals surface area contributed by atoms with Crippen LogP contribution >= 0.6 is 11.6 Å². The Morgan fingerprint density at radius 1 is 1.13 bits per heavy atom. The predicted octanol–water partition coefficient (Wildman–Crippen LogP) is 4.75. The van der Waals surface area contributed by atoms with Gasteiger partial charge in [0.1, 0.15) is 11.8 Å². The Kier molecular flexibility index (Phi) is 9.68. The van der Waals surface area contributed by atoms with Crippen LogP contribution in [0.2, 0.25) is 5.02 Å². The minimum Gasteiger partial charge on any atom is -0.484 e. The van der Waals surface area contributed by atoms with Gasteiger partial charge in [-0.2, -0.15) is 0 Å². The van der Waals surface area contributed by atoms with Crippen LogP contribution in [0.25, 0.3) is 0 Å². The van der Waals surface area contributed by atoms with Gasteiger partial charge in [0, 0.05) is 18.1 Å². The van der Waals surface area contributed by atoms with Crippen LogP contribution in [0.3, 0.4) is 0 Å². The number of nitrogens with zero attached hydrogens (tertiary/aromatic N) is 1. The molecule has 30 heavy (non-hydrogen) atoms. The maximum atomic E-state index is 13.1. The van der Waals surface area contributed by atoms with Gasteiger partial charge in [-0.15, -0.1) is 0 Å². The molecule has 0 spiro atoms. The van der Waals surface area contributed by atoms with Crippen LogP contribution in [0.1, 0.15) is 44.2 Å². The van der Waals surface area contributed by atoms with Crippen LogP contribution in [0, 0.1) is 6.92 Å². The first-order valence-corrected chi connectivity index (χ1v) is 10.8. The third-order valence-corrected chi connectivity index (χ3v) is 5.08. The molecule has 2 rings (SSSR count). The van der Waals surface area contributed by atoms with Gasteiger partial charge in [-0.25, -0.2) is 0 Å². The van der Waals surface area contributed by atoms with Crippen molar-refractivity contribution in [2.45, 2.75) is 52.6 Å². The first-order valence-electron chi connectivity index (χ1n) is 10.5. The molecule has 1 N–H and O–H groups in total. The second kappa shape index (κ2) is 12.2. The summed E-state index contributed by atoms with van der Waals surface area (Å²) in [6.07, 6.45) is 2.43. The molecule has 0 aliphatic carbocycles. The van der Waals surface area contributed by atoms with E-state index in [4.69, 9.17) is 16.3 Å². The minimum atomic E-state index is -0.552. The van der Waals surface area contributed by atoms with Gasteiger partial charge in [-0.3, -0.25) is 9.59 Å². The average Bonchev–Trinajstić information content (AvgIpc) is 2.73. The molecule has 1 atom stereocenters. The third-order valence-electron chi connectivity index (χ3n) is 4.83. The van der Waals surface area contributed by atoms with Crippen molar-refractivity contribution in [3.63, 3.8) is 0 Å². The lowest BCUT2D eigenvalue weighted by Crippen LogP contribution is -2.50. The van der Waals surface area contributed by atoms with Crippen LogP contribution < -0.4 is 10.1 Å². The second-order valence-electron chi connectivity index (χ2n) is 7.32. The summed E-state index contributed by atoms with van der Waals surface area (Å²) >= 11 is 5.90. The van der Waals surface area contributed by atoms with Crippen molar-refractivity contribution >= 4 is 23.4 Å². The van der Waals surface area contributed by atoms with Crippen LogP contribution in [-0.2, 0) is 16.1 Å². The first kappa shape index (κ1) is 23.7.